The van der Waals surface area contributed by atoms with E-state index >= 15 is 0 Å². The zero-order valence-corrected chi connectivity index (χ0v) is 22.9. The molecule has 0 aliphatic rings. The molecule has 0 unspecified atom stereocenters. The van der Waals surface area contributed by atoms with Crippen molar-refractivity contribution in [2.45, 2.75) is 49.3 Å². The fourth-order valence-corrected chi connectivity index (χ4v) is 5.80. The Balaban J connectivity index is 2.20. The molecule has 0 aromatic heterocycles. The van der Waals surface area contributed by atoms with E-state index in [1.54, 1.807) is 25.2 Å². The standard InChI is InChI=1S/C24H33N3O4S3/c1-7-33-20-11-8-16(14-21(20)34(29,30)27-23(32)25-5)12-13-26-22(28)18-15-17(24(2,3)4)9-10-19(18)31-6/h8-11,14-15H,7,12-13H2,1-6H3,(H,26,28)(H2,25,27,32). The summed E-state index contributed by atoms with van der Waals surface area (Å²) in [5, 5.41) is 5.56. The summed E-state index contributed by atoms with van der Waals surface area (Å²) in [5.41, 5.74) is 2.18. The highest BCUT2D eigenvalue weighted by atomic mass is 32.2. The number of thiocarbonyl (C=S) groups is 1. The second-order valence-corrected chi connectivity index (χ2v) is 11.9. The lowest BCUT2D eigenvalue weighted by Crippen LogP contribution is -2.37. The smallest absolute Gasteiger partial charge is 0.264 e. The van der Waals surface area contributed by atoms with E-state index < -0.39 is 10.0 Å². The van der Waals surface area contributed by atoms with Gasteiger partial charge in [0.05, 0.1) is 12.7 Å². The van der Waals surface area contributed by atoms with E-state index in [0.717, 1.165) is 16.9 Å². The van der Waals surface area contributed by atoms with E-state index in [9.17, 15) is 13.2 Å². The summed E-state index contributed by atoms with van der Waals surface area (Å²) in [6.07, 6.45) is 0.461. The number of sulfonamides is 1. The molecule has 2 aromatic rings. The maximum Gasteiger partial charge on any atom is 0.264 e. The van der Waals surface area contributed by atoms with Gasteiger partial charge in [0.2, 0.25) is 0 Å². The molecule has 0 spiro atoms. The minimum absolute atomic E-state index is 0.0246. The van der Waals surface area contributed by atoms with E-state index in [4.69, 9.17) is 17.0 Å². The normalized spacial score (nSPS) is 11.6. The third-order valence-corrected chi connectivity index (χ3v) is 7.97. The quantitative estimate of drug-likeness (QED) is 0.339. The molecule has 7 nitrogen and oxygen atoms in total. The molecule has 0 bridgehead atoms. The van der Waals surface area contributed by atoms with Gasteiger partial charge in [-0.1, -0.05) is 39.8 Å². The van der Waals surface area contributed by atoms with Gasteiger partial charge in [-0.3, -0.25) is 9.52 Å². The number of rotatable bonds is 9. The third kappa shape index (κ3) is 7.35. The fraction of sp³-hybridized carbons (Fsp3) is 0.417. The number of nitrogens with one attached hydrogen (secondary N) is 3. The molecule has 2 aromatic carbocycles. The van der Waals surface area contributed by atoms with Gasteiger partial charge < -0.3 is 15.4 Å². The second-order valence-electron chi connectivity index (χ2n) is 8.57. The van der Waals surface area contributed by atoms with Gasteiger partial charge in [0, 0.05) is 18.5 Å². The van der Waals surface area contributed by atoms with Crippen LogP contribution in [0.4, 0.5) is 0 Å². The molecule has 34 heavy (non-hydrogen) atoms. The number of amides is 1. The lowest BCUT2D eigenvalue weighted by molar-refractivity contribution is 0.0951. The van der Waals surface area contributed by atoms with Crippen LogP contribution in [0.1, 0.15) is 49.2 Å². The van der Waals surface area contributed by atoms with Crippen molar-refractivity contribution in [3.05, 3.63) is 53.1 Å². The maximum atomic E-state index is 12.9. The highest BCUT2D eigenvalue weighted by molar-refractivity contribution is 8.00. The van der Waals surface area contributed by atoms with E-state index in [0.29, 0.717) is 29.2 Å². The second kappa shape index (κ2) is 11.9. The fourth-order valence-electron chi connectivity index (χ4n) is 3.19. The molecule has 2 rings (SSSR count). The molecule has 0 aliphatic heterocycles. The van der Waals surface area contributed by atoms with Gasteiger partial charge >= 0.3 is 0 Å². The number of hydrogen-bond acceptors (Lipinski definition) is 6. The van der Waals surface area contributed by atoms with Gasteiger partial charge in [-0.15, -0.1) is 11.8 Å². The molecule has 0 atom stereocenters. The van der Waals surface area contributed by atoms with Crippen LogP contribution in [0.2, 0.25) is 0 Å². The van der Waals surface area contributed by atoms with Crippen LogP contribution in [0, 0.1) is 0 Å². The molecule has 3 N–H and O–H groups in total. The van der Waals surface area contributed by atoms with Crippen LogP contribution in [0.5, 0.6) is 5.75 Å². The van der Waals surface area contributed by atoms with Crippen LogP contribution in [0.15, 0.2) is 46.2 Å². The zero-order chi connectivity index (χ0) is 25.5. The molecular formula is C24H33N3O4S3. The van der Waals surface area contributed by atoms with Crippen LogP contribution in [-0.4, -0.2) is 45.9 Å². The van der Waals surface area contributed by atoms with Gasteiger partial charge in [-0.05, 0) is 65.2 Å². The number of thioether (sulfide) groups is 1. The molecule has 0 heterocycles. The van der Waals surface area contributed by atoms with Gasteiger partial charge in [-0.25, -0.2) is 8.42 Å². The molecule has 186 valence electrons. The molecule has 10 heteroatoms. The predicted octanol–water partition coefficient (Wildman–Crippen LogP) is 3.86. The SMILES string of the molecule is CCSc1ccc(CCNC(=O)c2cc(C(C)(C)C)ccc2OC)cc1S(=O)(=O)NC(=S)NC. The van der Waals surface area contributed by atoms with E-state index in [1.807, 2.05) is 25.1 Å². The van der Waals surface area contributed by atoms with Crippen molar-refractivity contribution in [3.63, 3.8) is 0 Å². The Morgan fingerprint density at radius 3 is 2.44 bits per heavy atom. The summed E-state index contributed by atoms with van der Waals surface area (Å²) in [6, 6.07) is 10.9. The monoisotopic (exact) mass is 523 g/mol. The third-order valence-electron chi connectivity index (χ3n) is 5.06. The highest BCUT2D eigenvalue weighted by Crippen LogP contribution is 2.29. The molecule has 0 saturated carbocycles. The Hall–Kier alpha value is -2.30. The number of benzene rings is 2. The first kappa shape index (κ1) is 27.9. The first-order valence-corrected chi connectivity index (χ1v) is 13.8. The highest BCUT2D eigenvalue weighted by Gasteiger charge is 2.21. The van der Waals surface area contributed by atoms with Gasteiger partial charge in [0.1, 0.15) is 10.6 Å². The Kier molecular flexibility index (Phi) is 9.78. The Morgan fingerprint density at radius 2 is 1.85 bits per heavy atom. The summed E-state index contributed by atoms with van der Waals surface area (Å²) in [6.45, 7) is 8.55. The van der Waals surface area contributed by atoms with Crippen molar-refractivity contribution in [2.24, 2.45) is 0 Å². The number of methoxy groups -OCH3 is 1. The van der Waals surface area contributed by atoms with E-state index in [2.05, 4.69) is 36.1 Å². The van der Waals surface area contributed by atoms with E-state index in [1.165, 1.54) is 18.9 Å². The first-order valence-electron chi connectivity index (χ1n) is 10.9. The van der Waals surface area contributed by atoms with Crippen LogP contribution >= 0.6 is 24.0 Å². The topological polar surface area (TPSA) is 96.5 Å². The van der Waals surface area contributed by atoms with Crippen molar-refractivity contribution in [1.29, 1.82) is 0 Å². The van der Waals surface area contributed by atoms with Crippen LogP contribution in [0.3, 0.4) is 0 Å². The summed E-state index contributed by atoms with van der Waals surface area (Å²) < 4.78 is 33.5. The maximum absolute atomic E-state index is 12.9. The molecule has 0 fully saturated rings. The molecule has 1 amide bonds. The van der Waals surface area contributed by atoms with Crippen molar-refractivity contribution in [3.8, 4) is 5.75 Å². The summed E-state index contributed by atoms with van der Waals surface area (Å²) >= 11 is 6.41. The molecule has 0 saturated heterocycles. The van der Waals surface area contributed by atoms with Crippen molar-refractivity contribution in [1.82, 2.24) is 15.4 Å². The number of carbonyl (C=O) groups is 1. The summed E-state index contributed by atoms with van der Waals surface area (Å²) in [4.78, 5) is 13.7. The van der Waals surface area contributed by atoms with Gasteiger partial charge in [0.15, 0.2) is 5.11 Å². The Morgan fingerprint density at radius 1 is 1.15 bits per heavy atom. The van der Waals surface area contributed by atoms with Gasteiger partial charge in [-0.2, -0.15) is 0 Å². The number of hydrogen-bond donors (Lipinski definition) is 3. The predicted molar refractivity (Wildman–Crippen MR) is 143 cm³/mol. The molecule has 0 radical (unpaired) electrons. The van der Waals surface area contributed by atoms with Crippen LogP contribution < -0.4 is 20.1 Å². The molecular weight excluding hydrogens is 490 g/mol. The van der Waals surface area contributed by atoms with E-state index in [-0.39, 0.29) is 21.3 Å². The zero-order valence-electron chi connectivity index (χ0n) is 20.4. The average molecular weight is 524 g/mol. The minimum atomic E-state index is -3.84. The number of carbonyl (C=O) groups excluding carboxylic acids is 1. The van der Waals surface area contributed by atoms with Crippen LogP contribution in [0.25, 0.3) is 0 Å². The summed E-state index contributed by atoms with van der Waals surface area (Å²) in [5.74, 6) is 0.991. The largest absolute Gasteiger partial charge is 0.496 e. The molecule has 0 aliphatic carbocycles. The van der Waals surface area contributed by atoms with Gasteiger partial charge in [0.25, 0.3) is 15.9 Å². The lowest BCUT2D eigenvalue weighted by atomic mass is 9.86. The van der Waals surface area contributed by atoms with Crippen molar-refractivity contribution < 1.29 is 17.9 Å². The summed E-state index contributed by atoms with van der Waals surface area (Å²) in [7, 11) is -0.748. The minimum Gasteiger partial charge on any atom is -0.496 e. The first-order chi connectivity index (χ1) is 15.9. The average Bonchev–Trinajstić information content (AvgIpc) is 2.78. The Labute approximate surface area is 212 Å². The number of ether oxygens (including phenoxy) is 1. The Bertz CT molecular complexity index is 1140. The van der Waals surface area contributed by atoms with Crippen molar-refractivity contribution >= 4 is 45.0 Å². The lowest BCUT2D eigenvalue weighted by Gasteiger charge is -2.21. The van der Waals surface area contributed by atoms with Crippen molar-refractivity contribution in [2.75, 3.05) is 26.5 Å². The van der Waals surface area contributed by atoms with Crippen LogP contribution in [-0.2, 0) is 21.9 Å².